The molecule has 4 rings (SSSR count). The highest BCUT2D eigenvalue weighted by Gasteiger charge is 2.27. The van der Waals surface area contributed by atoms with Gasteiger partial charge in [-0.1, -0.05) is 48.0 Å². The van der Waals surface area contributed by atoms with Crippen LogP contribution in [0, 0.1) is 5.92 Å². The van der Waals surface area contributed by atoms with Crippen molar-refractivity contribution in [2.45, 2.75) is 52.7 Å². The van der Waals surface area contributed by atoms with Gasteiger partial charge in [0.15, 0.2) is 0 Å². The minimum Gasteiger partial charge on any atom is -0.487 e. The topological polar surface area (TPSA) is 56.6 Å². The van der Waals surface area contributed by atoms with Crippen LogP contribution in [0.4, 0.5) is 0 Å². The lowest BCUT2D eigenvalue weighted by Crippen LogP contribution is -2.24. The monoisotopic (exact) mass is 527 g/mol. The lowest BCUT2D eigenvalue weighted by Gasteiger charge is -2.17. The Labute approximate surface area is 210 Å². The fourth-order valence-electron chi connectivity index (χ4n) is 4.52. The van der Waals surface area contributed by atoms with Crippen LogP contribution in [0.25, 0.3) is 10.9 Å². The van der Waals surface area contributed by atoms with E-state index in [1.165, 1.54) is 6.42 Å². The Morgan fingerprint density at radius 2 is 2.06 bits per heavy atom. The maximum Gasteiger partial charge on any atom is 0.310 e. The van der Waals surface area contributed by atoms with Gasteiger partial charge in [-0.3, -0.25) is 9.48 Å². The molecule has 1 aliphatic rings. The molecule has 1 unspecified atom stereocenters. The smallest absolute Gasteiger partial charge is 0.310 e. The molecule has 1 aromatic heterocycles. The van der Waals surface area contributed by atoms with Gasteiger partial charge in [0.1, 0.15) is 18.1 Å². The zero-order valence-electron chi connectivity index (χ0n) is 20.3. The van der Waals surface area contributed by atoms with Crippen LogP contribution in [0.2, 0.25) is 0 Å². The van der Waals surface area contributed by atoms with E-state index in [-0.39, 0.29) is 12.4 Å². The minimum atomic E-state index is -0.250. The average Bonchev–Trinajstić information content (AvgIpc) is 3.41. The Bertz CT molecular complexity index is 1130. The molecule has 6 nitrogen and oxygen atoms in total. The van der Waals surface area contributed by atoms with Crippen molar-refractivity contribution < 1.29 is 14.3 Å². The van der Waals surface area contributed by atoms with Gasteiger partial charge < -0.3 is 14.4 Å². The maximum absolute atomic E-state index is 12.0. The third kappa shape index (κ3) is 5.99. The summed E-state index contributed by atoms with van der Waals surface area (Å²) in [7, 11) is 0. The highest BCUT2D eigenvalue weighted by atomic mass is 79.9. The number of halogens is 1. The molecule has 0 aliphatic carbocycles. The number of benzene rings is 2. The number of ether oxygens (including phenoxy) is 2. The van der Waals surface area contributed by atoms with E-state index in [9.17, 15) is 4.79 Å². The van der Waals surface area contributed by atoms with Crippen LogP contribution in [0.15, 0.2) is 46.9 Å². The summed E-state index contributed by atoms with van der Waals surface area (Å²) < 4.78 is 14.5. The Kier molecular flexibility index (Phi) is 8.27. The van der Waals surface area contributed by atoms with E-state index in [0.717, 1.165) is 58.6 Å². The molecule has 7 heteroatoms. The SMILES string of the molecule is CCOC(=O)Cc1ccccc1OCc1nn(C2CCN(CCC(C)C)C2)c2ccc(Br)cc12. The summed E-state index contributed by atoms with van der Waals surface area (Å²) >= 11 is 3.61. The van der Waals surface area contributed by atoms with Gasteiger partial charge in [0.25, 0.3) is 0 Å². The Morgan fingerprint density at radius 3 is 2.85 bits per heavy atom. The highest BCUT2D eigenvalue weighted by molar-refractivity contribution is 9.10. The van der Waals surface area contributed by atoms with Crippen LogP contribution in [-0.2, 0) is 22.6 Å². The first-order chi connectivity index (χ1) is 16.4. The third-order valence-corrected chi connectivity index (χ3v) is 6.83. The fourth-order valence-corrected chi connectivity index (χ4v) is 4.88. The first-order valence-corrected chi connectivity index (χ1v) is 13.0. The molecule has 0 N–H and O–H groups in total. The number of esters is 1. The summed E-state index contributed by atoms with van der Waals surface area (Å²) in [5, 5.41) is 6.13. The normalized spacial score (nSPS) is 16.4. The third-order valence-electron chi connectivity index (χ3n) is 6.34. The molecule has 34 heavy (non-hydrogen) atoms. The van der Waals surface area contributed by atoms with E-state index in [0.29, 0.717) is 25.0 Å². The number of carbonyl (C=O) groups is 1. The van der Waals surface area contributed by atoms with Crippen molar-refractivity contribution in [3.63, 3.8) is 0 Å². The molecular weight excluding hydrogens is 494 g/mol. The molecule has 1 fully saturated rings. The standard InChI is InChI=1S/C27H34BrN3O3/c1-4-33-27(32)15-20-7-5-6-8-26(20)34-18-24-23-16-21(28)9-10-25(23)31(29-24)22-12-14-30(17-22)13-11-19(2)3/h5-10,16,19,22H,4,11-15,17-18H2,1-3H3. The summed E-state index contributed by atoms with van der Waals surface area (Å²) in [4.78, 5) is 14.6. The number of carbonyl (C=O) groups excluding carboxylic acids is 1. The molecule has 0 saturated carbocycles. The molecule has 3 aromatic rings. The van der Waals surface area contributed by atoms with Gasteiger partial charge in [-0.15, -0.1) is 0 Å². The second-order valence-electron chi connectivity index (χ2n) is 9.36. The van der Waals surface area contributed by atoms with E-state index < -0.39 is 0 Å². The largest absolute Gasteiger partial charge is 0.487 e. The van der Waals surface area contributed by atoms with Crippen LogP contribution in [0.1, 0.15) is 50.9 Å². The maximum atomic E-state index is 12.0. The Hall–Kier alpha value is -2.38. The van der Waals surface area contributed by atoms with Crippen LogP contribution >= 0.6 is 15.9 Å². The number of para-hydroxylation sites is 1. The van der Waals surface area contributed by atoms with Crippen LogP contribution in [0.3, 0.4) is 0 Å². The lowest BCUT2D eigenvalue weighted by molar-refractivity contribution is -0.142. The first kappa shape index (κ1) is 24.7. The van der Waals surface area contributed by atoms with E-state index in [1.54, 1.807) is 0 Å². The second-order valence-corrected chi connectivity index (χ2v) is 10.3. The number of hydrogen-bond donors (Lipinski definition) is 0. The predicted molar refractivity (Wildman–Crippen MR) is 138 cm³/mol. The number of nitrogens with zero attached hydrogens (tertiary/aromatic N) is 3. The summed E-state index contributed by atoms with van der Waals surface area (Å²) in [6.07, 6.45) is 2.52. The van der Waals surface area contributed by atoms with E-state index in [2.05, 4.69) is 57.6 Å². The number of rotatable bonds is 10. The number of aromatic nitrogens is 2. The van der Waals surface area contributed by atoms with Crippen molar-refractivity contribution in [3.8, 4) is 5.75 Å². The van der Waals surface area contributed by atoms with E-state index >= 15 is 0 Å². The molecule has 0 amide bonds. The minimum absolute atomic E-state index is 0.193. The van der Waals surface area contributed by atoms with Crippen molar-refractivity contribution in [1.29, 1.82) is 0 Å². The average molecular weight is 528 g/mol. The summed E-state index contributed by atoms with van der Waals surface area (Å²) in [5.74, 6) is 1.16. The number of hydrogen-bond acceptors (Lipinski definition) is 5. The van der Waals surface area contributed by atoms with Gasteiger partial charge in [-0.2, -0.15) is 5.10 Å². The number of fused-ring (bicyclic) bond motifs is 1. The highest BCUT2D eigenvalue weighted by Crippen LogP contribution is 2.31. The molecule has 2 aromatic carbocycles. The van der Waals surface area contributed by atoms with Crippen molar-refractivity contribution >= 4 is 32.8 Å². The van der Waals surface area contributed by atoms with Gasteiger partial charge in [0.2, 0.25) is 0 Å². The predicted octanol–water partition coefficient (Wildman–Crippen LogP) is 5.78. The van der Waals surface area contributed by atoms with Crippen LogP contribution in [0.5, 0.6) is 5.75 Å². The molecule has 1 aliphatic heterocycles. The van der Waals surface area contributed by atoms with Gasteiger partial charge in [0.05, 0.1) is 24.6 Å². The zero-order valence-corrected chi connectivity index (χ0v) is 21.9. The van der Waals surface area contributed by atoms with Gasteiger partial charge in [-0.25, -0.2) is 0 Å². The molecule has 2 heterocycles. The van der Waals surface area contributed by atoms with E-state index in [1.807, 2.05) is 31.2 Å². The summed E-state index contributed by atoms with van der Waals surface area (Å²) in [6.45, 7) is 10.4. The van der Waals surface area contributed by atoms with E-state index in [4.69, 9.17) is 14.6 Å². The van der Waals surface area contributed by atoms with Crippen LogP contribution in [-0.4, -0.2) is 46.9 Å². The molecule has 1 saturated heterocycles. The quantitative estimate of drug-likeness (QED) is 0.313. The van der Waals surface area contributed by atoms with Crippen molar-refractivity contribution in [1.82, 2.24) is 14.7 Å². The Morgan fingerprint density at radius 1 is 1.24 bits per heavy atom. The molecular formula is C27H34BrN3O3. The molecule has 182 valence electrons. The Balaban J connectivity index is 1.53. The molecule has 1 atom stereocenters. The number of likely N-dealkylation sites (tertiary alicyclic amines) is 1. The molecule has 0 spiro atoms. The van der Waals surface area contributed by atoms with Gasteiger partial charge in [-0.05, 0) is 56.5 Å². The summed E-state index contributed by atoms with van der Waals surface area (Å²) in [5.41, 5.74) is 2.86. The van der Waals surface area contributed by atoms with Crippen molar-refractivity contribution in [2.24, 2.45) is 5.92 Å². The lowest BCUT2D eigenvalue weighted by atomic mass is 10.1. The summed E-state index contributed by atoms with van der Waals surface area (Å²) in [6, 6.07) is 14.3. The zero-order chi connectivity index (χ0) is 24.1. The van der Waals surface area contributed by atoms with Gasteiger partial charge in [0, 0.05) is 28.5 Å². The van der Waals surface area contributed by atoms with Crippen molar-refractivity contribution in [3.05, 3.63) is 58.2 Å². The second kappa shape index (κ2) is 11.4. The van der Waals surface area contributed by atoms with Crippen molar-refractivity contribution in [2.75, 3.05) is 26.2 Å². The first-order valence-electron chi connectivity index (χ1n) is 12.2. The fraction of sp³-hybridized carbons (Fsp3) is 0.481. The molecule has 0 radical (unpaired) electrons. The van der Waals surface area contributed by atoms with Gasteiger partial charge >= 0.3 is 5.97 Å². The molecule has 0 bridgehead atoms. The van der Waals surface area contributed by atoms with Crippen LogP contribution < -0.4 is 4.74 Å².